The summed E-state index contributed by atoms with van der Waals surface area (Å²) in [6.07, 6.45) is -4.80. The lowest BCUT2D eigenvalue weighted by atomic mass is 9.98. The lowest BCUT2D eigenvalue weighted by Gasteiger charge is -2.35. The average molecular weight is 529 g/mol. The van der Waals surface area contributed by atoms with Crippen molar-refractivity contribution in [3.8, 4) is 5.75 Å². The first-order valence-electron chi connectivity index (χ1n) is 12.2. The Kier molecular flexibility index (Phi) is 7.68. The highest BCUT2D eigenvalue weighted by Crippen LogP contribution is 2.46. The smallest absolute Gasteiger partial charge is 0.459 e. The summed E-state index contributed by atoms with van der Waals surface area (Å²) in [5.41, 5.74) is -2.55. The molecule has 0 aliphatic carbocycles. The van der Waals surface area contributed by atoms with Gasteiger partial charge in [-0.2, -0.15) is 5.09 Å². The number of aliphatic hydroxyl groups is 1. The zero-order valence-electron chi connectivity index (χ0n) is 22.2. The minimum Gasteiger partial charge on any atom is -0.462 e. The largest absolute Gasteiger partial charge is 0.462 e. The van der Waals surface area contributed by atoms with Crippen LogP contribution >= 0.6 is 7.75 Å². The van der Waals surface area contributed by atoms with Crippen LogP contribution in [0.4, 0.5) is 4.39 Å². The van der Waals surface area contributed by atoms with Crippen LogP contribution in [0.1, 0.15) is 30.4 Å². The lowest BCUT2D eigenvalue weighted by molar-refractivity contribution is -0.149. The van der Waals surface area contributed by atoms with Crippen LogP contribution in [-0.2, 0) is 28.2 Å². The van der Waals surface area contributed by atoms with E-state index in [-0.39, 0.29) is 11.6 Å². The number of nitrogens with one attached hydrogen (secondary N) is 2. The van der Waals surface area contributed by atoms with Crippen LogP contribution in [0.5, 0.6) is 5.75 Å². The molecule has 1 amide bonds. The van der Waals surface area contributed by atoms with Gasteiger partial charge in [0.05, 0.1) is 15.4 Å². The molecule has 198 valence electrons. The van der Waals surface area contributed by atoms with Crippen molar-refractivity contribution in [2.24, 2.45) is 0 Å². The van der Waals surface area contributed by atoms with Gasteiger partial charge in [-0.1, -0.05) is 24.8 Å². The number of halogens is 1. The van der Waals surface area contributed by atoms with Crippen molar-refractivity contribution in [3.63, 3.8) is 0 Å². The first-order valence-corrected chi connectivity index (χ1v) is 12.6. The first-order chi connectivity index (χ1) is 17.6. The fourth-order valence-corrected chi connectivity index (χ4v) is 4.79. The summed E-state index contributed by atoms with van der Waals surface area (Å²) in [4.78, 5) is 25.0. The Morgan fingerprint density at radius 1 is 1.44 bits per heavy atom. The number of aliphatic hydroxyl groups excluding tert-OH is 1. The maximum absolute atomic E-state index is 15.7. The molecule has 2 heterocycles. The topological polar surface area (TPSA) is 136 Å². The number of carbonyl (C=O) groups is 2. The average Bonchev–Trinajstić information content (AvgIpc) is 3.05. The Bertz CT molecular complexity index is 1140. The van der Waals surface area contributed by atoms with E-state index in [2.05, 4.69) is 17.0 Å². The van der Waals surface area contributed by atoms with Crippen LogP contribution in [0.2, 0.25) is 0 Å². The van der Waals surface area contributed by atoms with Crippen LogP contribution in [0.15, 0.2) is 55.0 Å². The first kappa shape index (κ1) is 24.9. The van der Waals surface area contributed by atoms with Crippen LogP contribution in [0, 0.1) is 0 Å². The van der Waals surface area contributed by atoms with Gasteiger partial charge in [-0.15, -0.1) is 0 Å². The monoisotopic (exact) mass is 529 g/mol. The predicted molar refractivity (Wildman–Crippen MR) is 127 cm³/mol. The number of rotatable bonds is 10. The molecule has 1 aromatic carbocycles. The second-order valence-corrected chi connectivity index (χ2v) is 10.3. The molecule has 13 heteroatoms. The fourth-order valence-electron chi connectivity index (χ4n) is 3.38. The summed E-state index contributed by atoms with van der Waals surface area (Å²) in [5, 5.41) is 15.4. The van der Waals surface area contributed by atoms with Gasteiger partial charge in [-0.05, 0) is 39.8 Å². The minimum atomic E-state index is -4.54. The van der Waals surface area contributed by atoms with E-state index >= 15 is 4.39 Å². The molecule has 0 bridgehead atoms. The van der Waals surface area contributed by atoms with Crippen molar-refractivity contribution in [1.82, 2.24) is 15.3 Å². The molecule has 2 aliphatic heterocycles. The molecule has 7 atom stereocenters. The molecule has 1 fully saturated rings. The summed E-state index contributed by atoms with van der Waals surface area (Å²) in [6.45, 7) is 7.22. The van der Waals surface area contributed by atoms with Crippen molar-refractivity contribution in [3.05, 3.63) is 55.0 Å². The molecular formula is C23H31FN3O8P. The summed E-state index contributed by atoms with van der Waals surface area (Å²) in [5.74, 6) is -1.57. The van der Waals surface area contributed by atoms with Crippen molar-refractivity contribution in [2.45, 2.75) is 63.9 Å². The van der Waals surface area contributed by atoms with Crippen LogP contribution < -0.4 is 14.9 Å². The van der Waals surface area contributed by atoms with Gasteiger partial charge >= 0.3 is 13.7 Å². The lowest BCUT2D eigenvalue weighted by Crippen LogP contribution is -2.51. The minimum absolute atomic E-state index is 0.0783. The standard InChI is InChI=1S/C23H31FN3O8P/c1-14(2)33-21(30)15(3)26-36(31,35-17-9-7-6-8-10-17)32-13-18-20(29)23(5,24)22(34-18)27-12-11-19(28)25-16(27)4/h6-12,14-15,18,20,22,29H,4,13H2,1-3,5H3,(H,25,28)(H,26,31)/t15-,18+,20+,22+,23+,36-/m0/s1/i11D,13D/t13?,15-,18+,20+,22+,23+,36-. The van der Waals surface area contributed by atoms with Gasteiger partial charge in [-0.3, -0.25) is 14.1 Å². The van der Waals surface area contributed by atoms with Gasteiger partial charge in [0.15, 0.2) is 11.9 Å². The fraction of sp³-hybridized carbons (Fsp3) is 0.478. The van der Waals surface area contributed by atoms with E-state index in [1.807, 2.05) is 0 Å². The Morgan fingerprint density at radius 3 is 2.75 bits per heavy atom. The zero-order valence-corrected chi connectivity index (χ0v) is 21.1. The maximum atomic E-state index is 15.7. The van der Waals surface area contributed by atoms with Crippen molar-refractivity contribution in [2.75, 3.05) is 6.58 Å². The molecule has 0 radical (unpaired) electrons. The Morgan fingerprint density at radius 2 is 2.11 bits per heavy atom. The molecule has 1 unspecified atom stereocenters. The number of nitrogens with zero attached hydrogens (tertiary/aromatic N) is 1. The number of hydrogen-bond donors (Lipinski definition) is 3. The number of para-hydroxylation sites is 1. The number of amides is 1. The number of carbonyl (C=O) groups excluding carboxylic acids is 2. The molecule has 36 heavy (non-hydrogen) atoms. The van der Waals surface area contributed by atoms with E-state index in [0.29, 0.717) is 0 Å². The van der Waals surface area contributed by atoms with Gasteiger partial charge in [0.2, 0.25) is 0 Å². The summed E-state index contributed by atoms with van der Waals surface area (Å²) in [7, 11) is -4.54. The van der Waals surface area contributed by atoms with Gasteiger partial charge in [0.1, 0.15) is 29.8 Å². The molecule has 1 saturated heterocycles. The molecule has 2 aliphatic rings. The van der Waals surface area contributed by atoms with Crippen LogP contribution in [0.25, 0.3) is 0 Å². The highest BCUT2D eigenvalue weighted by molar-refractivity contribution is 7.52. The third-order valence-corrected chi connectivity index (χ3v) is 6.73. The Hall–Kier alpha value is -2.76. The Labute approximate surface area is 211 Å². The second kappa shape index (κ2) is 11.1. The van der Waals surface area contributed by atoms with E-state index < -0.39 is 68.5 Å². The number of ether oxygens (including phenoxy) is 2. The van der Waals surface area contributed by atoms with E-state index in [4.69, 9.17) is 21.3 Å². The van der Waals surface area contributed by atoms with Crippen LogP contribution in [-0.4, -0.2) is 64.7 Å². The highest BCUT2D eigenvalue weighted by Gasteiger charge is 2.57. The van der Waals surface area contributed by atoms with E-state index in [9.17, 15) is 19.3 Å². The van der Waals surface area contributed by atoms with E-state index in [0.717, 1.165) is 18.0 Å². The van der Waals surface area contributed by atoms with Gasteiger partial charge in [0.25, 0.3) is 5.91 Å². The summed E-state index contributed by atoms with van der Waals surface area (Å²) in [6, 6.07) is 6.08. The quantitative estimate of drug-likeness (QED) is 0.306. The molecule has 3 rings (SSSR count). The second-order valence-electron chi connectivity index (χ2n) is 8.61. The molecular weight excluding hydrogens is 496 g/mol. The normalized spacial score (nSPS) is 30.5. The van der Waals surface area contributed by atoms with E-state index in [1.165, 1.54) is 19.1 Å². The van der Waals surface area contributed by atoms with Crippen molar-refractivity contribution in [1.29, 1.82) is 0 Å². The third-order valence-electron chi connectivity index (χ3n) is 5.17. The van der Waals surface area contributed by atoms with E-state index in [1.54, 1.807) is 32.0 Å². The van der Waals surface area contributed by atoms with Crippen LogP contribution in [0.3, 0.4) is 0 Å². The number of hydrogen-bond acceptors (Lipinski definition) is 9. The van der Waals surface area contributed by atoms with Gasteiger partial charge < -0.3 is 29.3 Å². The van der Waals surface area contributed by atoms with Crippen molar-refractivity contribution >= 4 is 19.6 Å². The molecule has 0 spiro atoms. The zero-order chi connectivity index (χ0) is 28.4. The molecule has 1 aromatic rings. The molecule has 0 aromatic heterocycles. The Balaban J connectivity index is 1.84. The summed E-state index contributed by atoms with van der Waals surface area (Å²) < 4.78 is 67.1. The molecule has 3 N–H and O–H groups in total. The van der Waals surface area contributed by atoms with Crippen molar-refractivity contribution < 1.29 is 44.9 Å². The molecule has 11 nitrogen and oxygen atoms in total. The summed E-state index contributed by atoms with van der Waals surface area (Å²) >= 11 is 0. The SMILES string of the molecule is [2H]C1=CN([C@@H]2O[C@H](C([2H])O[P@@](=O)(N[C@@H](C)C(=O)OC(C)C)Oc3ccccc3)[C@@H](O)[C@@]2(C)F)C(=C)NC1=O. The molecule has 0 saturated carbocycles. The number of alkyl halides is 1. The number of benzene rings is 1. The van der Waals surface area contributed by atoms with Gasteiger partial charge in [-0.25, -0.2) is 8.96 Å². The third kappa shape index (κ3) is 6.51. The predicted octanol–water partition coefficient (Wildman–Crippen LogP) is 2.35. The number of esters is 1. The highest BCUT2D eigenvalue weighted by atomic mass is 31.2. The van der Waals surface area contributed by atoms with Gasteiger partial charge in [0, 0.05) is 12.3 Å². The maximum Gasteiger partial charge on any atom is 0.459 e.